The summed E-state index contributed by atoms with van der Waals surface area (Å²) in [6.07, 6.45) is 0. The zero-order chi connectivity index (χ0) is 19.6. The third-order valence-corrected chi connectivity index (χ3v) is 3.80. The number of methoxy groups -OCH3 is 1. The Morgan fingerprint density at radius 2 is 1.89 bits per heavy atom. The summed E-state index contributed by atoms with van der Waals surface area (Å²) in [6, 6.07) is 13.4. The van der Waals surface area contributed by atoms with Crippen LogP contribution in [0.15, 0.2) is 53.5 Å². The number of benzene rings is 2. The first-order valence-electron chi connectivity index (χ1n) is 8.70. The van der Waals surface area contributed by atoms with E-state index in [-0.39, 0.29) is 18.3 Å². The fourth-order valence-corrected chi connectivity index (χ4v) is 2.51. The predicted octanol–water partition coefficient (Wildman–Crippen LogP) is 2.87. The van der Waals surface area contributed by atoms with Gasteiger partial charge in [-0.15, -0.1) is 0 Å². The highest BCUT2D eigenvalue weighted by Gasteiger charge is 2.11. The van der Waals surface area contributed by atoms with Gasteiger partial charge in [-0.2, -0.15) is 0 Å². The van der Waals surface area contributed by atoms with Gasteiger partial charge in [0.05, 0.1) is 7.11 Å². The van der Waals surface area contributed by atoms with Gasteiger partial charge in [-0.3, -0.25) is 4.79 Å². The molecule has 7 heteroatoms. The number of hydrogen-bond donors (Lipinski definition) is 2. The second-order valence-corrected chi connectivity index (χ2v) is 5.89. The van der Waals surface area contributed by atoms with Crippen LogP contribution in [0.1, 0.15) is 12.5 Å². The maximum atomic E-state index is 12.9. The molecule has 0 aromatic heterocycles. The van der Waals surface area contributed by atoms with Crippen molar-refractivity contribution in [1.82, 2.24) is 10.2 Å². The van der Waals surface area contributed by atoms with Crippen LogP contribution in [0.2, 0.25) is 0 Å². The Morgan fingerprint density at radius 3 is 2.56 bits per heavy atom. The summed E-state index contributed by atoms with van der Waals surface area (Å²) in [5.41, 5.74) is 1.55. The van der Waals surface area contributed by atoms with Crippen molar-refractivity contribution in [3.8, 4) is 5.75 Å². The predicted molar refractivity (Wildman–Crippen MR) is 105 cm³/mol. The summed E-state index contributed by atoms with van der Waals surface area (Å²) in [4.78, 5) is 18.4. The van der Waals surface area contributed by atoms with Gasteiger partial charge in [0.1, 0.15) is 18.1 Å². The van der Waals surface area contributed by atoms with Crippen LogP contribution in [-0.2, 0) is 11.3 Å². The van der Waals surface area contributed by atoms with Gasteiger partial charge < -0.3 is 20.3 Å². The number of carbonyl (C=O) groups is 1. The normalized spacial score (nSPS) is 11.0. The van der Waals surface area contributed by atoms with Crippen molar-refractivity contribution in [3.05, 3.63) is 59.9 Å². The van der Waals surface area contributed by atoms with E-state index in [9.17, 15) is 9.18 Å². The molecule has 0 saturated heterocycles. The number of guanidine groups is 1. The number of nitrogens with zero attached hydrogens (tertiary/aromatic N) is 2. The number of ether oxygens (including phenoxy) is 1. The van der Waals surface area contributed by atoms with Crippen molar-refractivity contribution >= 4 is 17.6 Å². The van der Waals surface area contributed by atoms with Crippen LogP contribution in [0.3, 0.4) is 0 Å². The molecule has 0 atom stereocenters. The highest BCUT2D eigenvalue weighted by molar-refractivity contribution is 5.94. The fourth-order valence-electron chi connectivity index (χ4n) is 2.51. The molecule has 2 N–H and O–H groups in total. The van der Waals surface area contributed by atoms with E-state index in [1.165, 1.54) is 24.3 Å². The van der Waals surface area contributed by atoms with Crippen LogP contribution in [0.4, 0.5) is 10.1 Å². The Labute approximate surface area is 159 Å². The lowest BCUT2D eigenvalue weighted by Gasteiger charge is -2.23. The summed E-state index contributed by atoms with van der Waals surface area (Å²) in [5, 5.41) is 5.87. The Morgan fingerprint density at radius 1 is 1.19 bits per heavy atom. The third kappa shape index (κ3) is 6.29. The van der Waals surface area contributed by atoms with Crippen LogP contribution < -0.4 is 15.4 Å². The van der Waals surface area contributed by atoms with Crippen LogP contribution in [0.5, 0.6) is 5.75 Å². The van der Waals surface area contributed by atoms with Crippen LogP contribution in [0.25, 0.3) is 0 Å². The van der Waals surface area contributed by atoms with Crippen molar-refractivity contribution in [2.24, 2.45) is 4.99 Å². The number of nitrogens with one attached hydrogen (secondary N) is 2. The van der Waals surface area contributed by atoms with Crippen LogP contribution in [0, 0.1) is 5.82 Å². The average Bonchev–Trinajstić information content (AvgIpc) is 2.67. The lowest BCUT2D eigenvalue weighted by atomic mass is 10.2. The Kier molecular flexibility index (Phi) is 7.61. The smallest absolute Gasteiger partial charge is 0.246 e. The Hall–Kier alpha value is -3.09. The molecule has 2 aromatic carbocycles. The van der Waals surface area contributed by atoms with Crippen LogP contribution in [-0.4, -0.2) is 44.0 Å². The molecule has 0 fully saturated rings. The molecule has 2 rings (SSSR count). The standard InChI is InChI=1S/C20H25FN4O2/c1-4-22-20(25(2)14-15-7-5-6-8-18(15)27-3)23-13-19(26)24-17-11-9-16(21)10-12-17/h5-12H,4,13-14H2,1-3H3,(H,22,23)(H,24,26). The molecular weight excluding hydrogens is 347 g/mol. The summed E-state index contributed by atoms with van der Waals surface area (Å²) in [7, 11) is 3.53. The zero-order valence-corrected chi connectivity index (χ0v) is 15.8. The topological polar surface area (TPSA) is 66.0 Å². The molecule has 144 valence electrons. The number of halogens is 1. The number of hydrogen-bond acceptors (Lipinski definition) is 3. The second-order valence-electron chi connectivity index (χ2n) is 5.89. The molecule has 0 bridgehead atoms. The van der Waals surface area contributed by atoms with Crippen molar-refractivity contribution < 1.29 is 13.9 Å². The van der Waals surface area contributed by atoms with Crippen molar-refractivity contribution in [3.63, 3.8) is 0 Å². The number of aliphatic imine (C=N–C) groups is 1. The van der Waals surface area contributed by atoms with Gasteiger partial charge in [0.2, 0.25) is 5.91 Å². The third-order valence-electron chi connectivity index (χ3n) is 3.80. The van der Waals surface area contributed by atoms with E-state index in [2.05, 4.69) is 15.6 Å². The first-order valence-corrected chi connectivity index (χ1v) is 8.70. The maximum Gasteiger partial charge on any atom is 0.246 e. The van der Waals surface area contributed by atoms with Crippen molar-refractivity contribution in [2.75, 3.05) is 32.6 Å². The first-order chi connectivity index (χ1) is 13.0. The molecule has 0 radical (unpaired) electrons. The number of rotatable bonds is 7. The lowest BCUT2D eigenvalue weighted by molar-refractivity contribution is -0.114. The second kappa shape index (κ2) is 10.2. The quantitative estimate of drug-likeness (QED) is 0.579. The zero-order valence-electron chi connectivity index (χ0n) is 15.8. The molecule has 2 aromatic rings. The molecular formula is C20H25FN4O2. The van der Waals surface area contributed by atoms with E-state index in [0.717, 1.165) is 11.3 Å². The molecule has 0 spiro atoms. The number of anilines is 1. The van der Waals surface area contributed by atoms with Gasteiger partial charge in [-0.25, -0.2) is 9.38 Å². The van der Waals surface area contributed by atoms with Gasteiger partial charge in [0.15, 0.2) is 5.96 Å². The molecule has 0 saturated carbocycles. The van der Waals surface area contributed by atoms with Gasteiger partial charge >= 0.3 is 0 Å². The summed E-state index contributed by atoms with van der Waals surface area (Å²) >= 11 is 0. The Balaban J connectivity index is 2.01. The van der Waals surface area contributed by atoms with Gasteiger partial charge in [-0.1, -0.05) is 18.2 Å². The summed E-state index contributed by atoms with van der Waals surface area (Å²) in [6.45, 7) is 3.17. The maximum absolute atomic E-state index is 12.9. The van der Waals surface area contributed by atoms with Gasteiger partial charge in [0, 0.05) is 31.4 Å². The molecule has 0 heterocycles. The molecule has 6 nitrogen and oxygen atoms in total. The number of carbonyl (C=O) groups excluding carboxylic acids is 1. The highest BCUT2D eigenvalue weighted by Crippen LogP contribution is 2.18. The largest absolute Gasteiger partial charge is 0.496 e. The van der Waals surface area contributed by atoms with E-state index >= 15 is 0 Å². The molecule has 27 heavy (non-hydrogen) atoms. The minimum absolute atomic E-state index is 0.0457. The SMILES string of the molecule is CCNC(=NCC(=O)Nc1ccc(F)cc1)N(C)Cc1ccccc1OC. The minimum Gasteiger partial charge on any atom is -0.496 e. The molecule has 1 amide bonds. The average molecular weight is 372 g/mol. The fraction of sp³-hybridized carbons (Fsp3) is 0.300. The minimum atomic E-state index is -0.349. The number of amides is 1. The summed E-state index contributed by atoms with van der Waals surface area (Å²) in [5.74, 6) is 0.785. The lowest BCUT2D eigenvalue weighted by Crippen LogP contribution is -2.39. The van der Waals surface area contributed by atoms with Crippen molar-refractivity contribution in [1.29, 1.82) is 0 Å². The van der Waals surface area contributed by atoms with E-state index in [0.29, 0.717) is 24.7 Å². The molecule has 0 aliphatic heterocycles. The highest BCUT2D eigenvalue weighted by atomic mass is 19.1. The van der Waals surface area contributed by atoms with Gasteiger partial charge in [-0.05, 0) is 37.3 Å². The van der Waals surface area contributed by atoms with E-state index in [1.54, 1.807) is 7.11 Å². The van der Waals surface area contributed by atoms with E-state index in [4.69, 9.17) is 4.74 Å². The van der Waals surface area contributed by atoms with E-state index < -0.39 is 0 Å². The molecule has 0 aliphatic rings. The van der Waals surface area contributed by atoms with Gasteiger partial charge in [0.25, 0.3) is 0 Å². The summed E-state index contributed by atoms with van der Waals surface area (Å²) < 4.78 is 18.3. The van der Waals surface area contributed by atoms with Crippen LogP contribution >= 0.6 is 0 Å². The Bertz CT molecular complexity index is 778. The molecule has 0 aliphatic carbocycles. The van der Waals surface area contributed by atoms with E-state index in [1.807, 2.05) is 43.1 Å². The first kappa shape index (κ1) is 20.2. The monoisotopic (exact) mass is 372 g/mol. The number of para-hydroxylation sites is 1. The molecule has 0 unspecified atom stereocenters. The van der Waals surface area contributed by atoms with Crippen molar-refractivity contribution in [2.45, 2.75) is 13.5 Å².